The van der Waals surface area contributed by atoms with Gasteiger partial charge in [-0.25, -0.2) is 0 Å². The van der Waals surface area contributed by atoms with E-state index in [0.29, 0.717) is 22.9 Å². The molecule has 1 aromatic heterocycles. The number of aromatic amines is 1. The van der Waals surface area contributed by atoms with Crippen LogP contribution in [0.25, 0.3) is 10.9 Å². The van der Waals surface area contributed by atoms with Gasteiger partial charge in [0.05, 0.1) is 6.04 Å². The van der Waals surface area contributed by atoms with Gasteiger partial charge in [-0.1, -0.05) is 93.9 Å². The normalized spacial score (nSPS) is 14.7. The summed E-state index contributed by atoms with van der Waals surface area (Å²) in [5.41, 5.74) is 68.6. The molecule has 41 nitrogen and oxygen atoms in total. The van der Waals surface area contributed by atoms with E-state index in [4.69, 9.17) is 68.8 Å². The van der Waals surface area contributed by atoms with Crippen molar-refractivity contribution in [1.29, 1.82) is 0 Å². The summed E-state index contributed by atoms with van der Waals surface area (Å²) in [5.74, 6) is -13.3. The average Bonchev–Trinajstić information content (AvgIpc) is 1.66. The van der Waals surface area contributed by atoms with Crippen molar-refractivity contribution in [2.45, 2.75) is 232 Å². The Balaban J connectivity index is 2.55. The number of H-pyrrole nitrogens is 1. The molecular weight excluding hydrogens is 1450 g/mol. The summed E-state index contributed by atoms with van der Waals surface area (Å²) in [4.78, 5) is 194. The number of carbonyl (C=O) groups is 12. The molecule has 36 N–H and O–H groups in total. The predicted octanol–water partition coefficient (Wildman–Crippen LogP) is -5.80. The summed E-state index contributed by atoms with van der Waals surface area (Å²) in [7, 11) is 0. The third-order valence-electron chi connectivity index (χ3n) is 18.1. The highest BCUT2D eigenvalue weighted by Crippen LogP contribution is 2.21. The van der Waals surface area contributed by atoms with Crippen LogP contribution in [-0.4, -0.2) is 211 Å². The van der Waals surface area contributed by atoms with Gasteiger partial charge in [0.15, 0.2) is 29.8 Å². The van der Waals surface area contributed by atoms with E-state index >= 15 is 0 Å². The Bertz CT molecular complexity index is 3580. The molecule has 112 heavy (non-hydrogen) atoms. The number of amides is 12. The lowest BCUT2D eigenvalue weighted by molar-refractivity contribution is -0.137. The van der Waals surface area contributed by atoms with Crippen molar-refractivity contribution in [3.8, 4) is 0 Å². The summed E-state index contributed by atoms with van der Waals surface area (Å²) < 4.78 is 0. The third kappa shape index (κ3) is 36.0. The van der Waals surface area contributed by atoms with E-state index in [1.165, 1.54) is 6.92 Å². The first kappa shape index (κ1) is 96.8. The second kappa shape index (κ2) is 49.8. The number of nitrogens with two attached hydrogens (primary N) is 12. The number of aliphatic imine (C=N–C) groups is 5. The molecular formula is C71H127N29O12. The molecule has 0 aliphatic carbocycles. The minimum atomic E-state index is -1.45. The van der Waals surface area contributed by atoms with E-state index < -0.39 is 161 Å². The van der Waals surface area contributed by atoms with Crippen LogP contribution in [0.1, 0.15) is 159 Å². The molecule has 1 heterocycles. The Morgan fingerprint density at radius 3 is 1.08 bits per heavy atom. The Kier molecular flexibility index (Phi) is 43.0. The first-order valence-corrected chi connectivity index (χ1v) is 37.8. The fourth-order valence-corrected chi connectivity index (χ4v) is 11.4. The van der Waals surface area contributed by atoms with Gasteiger partial charge >= 0.3 is 0 Å². The number of aromatic nitrogens is 1. The molecule has 13 atom stereocenters. The molecule has 2 rings (SSSR count). The molecule has 2 aromatic rings. The van der Waals surface area contributed by atoms with Crippen LogP contribution in [0, 0.1) is 29.6 Å². The van der Waals surface area contributed by atoms with Gasteiger partial charge in [0.25, 0.3) is 0 Å². The number of carbonyl (C=O) groups excluding carboxylic acids is 12. The maximum Gasteiger partial charge on any atom is 0.243 e. The van der Waals surface area contributed by atoms with Crippen LogP contribution in [0.2, 0.25) is 0 Å². The van der Waals surface area contributed by atoms with Gasteiger partial charge in [-0.3, -0.25) is 82.5 Å². The van der Waals surface area contributed by atoms with Crippen molar-refractivity contribution in [3.05, 3.63) is 36.0 Å². The Hall–Kier alpha value is -11.3. The SMILES string of the molecule is CC[C@H](C)[C@H](NC(=O)[C@H](CCCN=C(N)N)NC(=O)[C@@H](NC(=O)[C@H](C)NC(=O)[C@@H](NC(=O)[C@H](CCCN=C(N)N)NC(=O)[C@H](CC(C)C)NC(=O)[C@H](CCCN=C(N)N)NC(=O)[C@@H](N)C(C)C)C(C)C)C(C)C)C(=O)N[C@@H](Cc1c[nH]c2ccccc12)C(=O)N[C@@H](CCCN=C(N)N)C(=O)N[C@@H](CCCN=C(N)N)C(N)=O. The zero-order chi connectivity index (χ0) is 84.6. The maximum absolute atomic E-state index is 15.0. The van der Waals surface area contributed by atoms with Gasteiger partial charge in [-0.2, -0.15) is 0 Å². The number of guanidine groups is 5. The fraction of sp³-hybridized carbons (Fsp3) is 0.648. The van der Waals surface area contributed by atoms with Crippen molar-refractivity contribution >= 4 is 112 Å². The minimum Gasteiger partial charge on any atom is -0.370 e. The summed E-state index contributed by atoms with van der Waals surface area (Å²) in [6.07, 6.45) is 2.54. The number of para-hydroxylation sites is 1. The van der Waals surface area contributed by atoms with Crippen LogP contribution in [-0.2, 0) is 64.0 Å². The van der Waals surface area contributed by atoms with E-state index in [1.807, 2.05) is 6.07 Å². The molecule has 0 aliphatic rings. The first-order chi connectivity index (χ1) is 52.6. The fourth-order valence-electron chi connectivity index (χ4n) is 11.4. The number of primary amides is 1. The van der Waals surface area contributed by atoms with E-state index in [0.717, 1.165) is 0 Å². The Labute approximate surface area is 654 Å². The second-order valence-electron chi connectivity index (χ2n) is 29.1. The highest BCUT2D eigenvalue weighted by molar-refractivity contribution is 6.00. The van der Waals surface area contributed by atoms with Crippen LogP contribution in [0.15, 0.2) is 55.4 Å². The number of nitrogens with zero attached hydrogens (tertiary/aromatic N) is 5. The van der Waals surface area contributed by atoms with Gasteiger partial charge in [0.1, 0.15) is 66.5 Å². The van der Waals surface area contributed by atoms with Crippen LogP contribution < -0.4 is 127 Å². The van der Waals surface area contributed by atoms with Gasteiger partial charge < -0.3 is 132 Å². The number of nitrogens with one attached hydrogen (secondary N) is 12. The summed E-state index contributed by atoms with van der Waals surface area (Å²) in [6.45, 7) is 18.6. The summed E-state index contributed by atoms with van der Waals surface area (Å²) in [6, 6.07) is -8.59. The lowest BCUT2D eigenvalue weighted by Crippen LogP contribution is -2.62. The number of hydrogen-bond donors (Lipinski definition) is 24. The zero-order valence-electron chi connectivity index (χ0n) is 66.5. The molecule has 0 spiro atoms. The molecule has 0 aliphatic heterocycles. The van der Waals surface area contributed by atoms with Gasteiger partial charge in [-0.15, -0.1) is 0 Å². The smallest absolute Gasteiger partial charge is 0.243 e. The summed E-state index contributed by atoms with van der Waals surface area (Å²) in [5, 5.41) is 30.4. The van der Waals surface area contributed by atoms with Gasteiger partial charge in [0, 0.05) is 56.2 Å². The monoisotopic (exact) mass is 1580 g/mol. The molecule has 0 fully saturated rings. The molecule has 41 heteroatoms. The highest BCUT2D eigenvalue weighted by atomic mass is 16.2. The minimum absolute atomic E-state index is 0.00585. The quantitative estimate of drug-likeness (QED) is 0.0167. The molecule has 0 bridgehead atoms. The molecule has 0 unspecified atom stereocenters. The van der Waals surface area contributed by atoms with Crippen molar-refractivity contribution in [3.63, 3.8) is 0 Å². The van der Waals surface area contributed by atoms with Crippen molar-refractivity contribution in [2.75, 3.05) is 32.7 Å². The van der Waals surface area contributed by atoms with Crippen molar-refractivity contribution in [1.82, 2.24) is 63.5 Å². The standard InChI is InChI=1S/C71H127N29O12/c1-12-39(10)54(66(112)97-50(33-41-34-89-43-21-14-13-20-42(41)43)62(108)92-45(23-16-28-85-68(76)77)57(103)91-44(55(73)101)22-15-27-84-67(74)75)100-60(106)48(26-19-31-88-71(82)83)95-65(111)53(38(8)9)98-56(102)40(11)90-64(110)52(37(6)7)99-59(105)47(25-18-30-87-70(80)81)93-61(107)49(32-35(2)3)96-58(104)46(24-17-29-86-69(78)79)94-63(109)51(72)36(4)5/h13-14,20-21,34-40,44-54,89H,12,15-19,22-33,72H2,1-11H3,(H2,73,101)(H,90,110)(H,91,103)(H,92,108)(H,93,107)(H,94,109)(H,95,111)(H,96,104)(H,97,112)(H,98,102)(H,99,105)(H,100,106)(H4,74,75,84)(H4,76,77,85)(H4,78,79,86)(H4,80,81,87)(H4,82,83,88)/t39-,40-,44-,45-,46-,47-,48-,49-,50-,51-,52-,53-,54-/m0/s1. The molecule has 0 radical (unpaired) electrons. The zero-order valence-corrected chi connectivity index (χ0v) is 66.5. The number of benzene rings is 1. The molecule has 628 valence electrons. The molecule has 0 saturated carbocycles. The van der Waals surface area contributed by atoms with E-state index in [2.05, 4.69) is 88.4 Å². The topological polar surface area (TPSA) is 727 Å². The van der Waals surface area contributed by atoms with Crippen LogP contribution >= 0.6 is 0 Å². The van der Waals surface area contributed by atoms with E-state index in [-0.39, 0.29) is 151 Å². The third-order valence-corrected chi connectivity index (χ3v) is 18.1. The molecule has 1 aromatic carbocycles. The van der Waals surface area contributed by atoms with Crippen LogP contribution in [0.4, 0.5) is 0 Å². The highest BCUT2D eigenvalue weighted by Gasteiger charge is 2.39. The van der Waals surface area contributed by atoms with Crippen molar-refractivity contribution in [2.24, 2.45) is 123 Å². The van der Waals surface area contributed by atoms with Crippen LogP contribution in [0.5, 0.6) is 0 Å². The van der Waals surface area contributed by atoms with E-state index in [1.54, 1.807) is 93.6 Å². The lowest BCUT2D eigenvalue weighted by Gasteiger charge is -2.30. The molecule has 0 saturated heterocycles. The Morgan fingerprint density at radius 1 is 0.366 bits per heavy atom. The number of fused-ring (bicyclic) bond motifs is 1. The largest absolute Gasteiger partial charge is 0.370 e. The number of hydrogen-bond acceptors (Lipinski definition) is 18. The number of rotatable bonds is 52. The summed E-state index contributed by atoms with van der Waals surface area (Å²) >= 11 is 0. The second-order valence-corrected chi connectivity index (χ2v) is 29.1. The predicted molar refractivity (Wildman–Crippen MR) is 429 cm³/mol. The first-order valence-electron chi connectivity index (χ1n) is 37.8. The lowest BCUT2D eigenvalue weighted by atomic mass is 9.96. The van der Waals surface area contributed by atoms with E-state index in [9.17, 15) is 57.5 Å². The average molecular weight is 1580 g/mol. The Morgan fingerprint density at radius 2 is 0.688 bits per heavy atom. The van der Waals surface area contributed by atoms with Gasteiger partial charge in [-0.05, 0) is 119 Å². The molecule has 12 amide bonds. The van der Waals surface area contributed by atoms with Gasteiger partial charge in [0.2, 0.25) is 70.9 Å². The van der Waals surface area contributed by atoms with Crippen LogP contribution in [0.3, 0.4) is 0 Å². The maximum atomic E-state index is 15.0. The van der Waals surface area contributed by atoms with Crippen molar-refractivity contribution < 1.29 is 57.5 Å².